The molecule has 0 radical (unpaired) electrons. The van der Waals surface area contributed by atoms with Crippen molar-refractivity contribution in [2.24, 2.45) is 0 Å². The van der Waals surface area contributed by atoms with Crippen molar-refractivity contribution in [3.05, 3.63) is 77.5 Å². The van der Waals surface area contributed by atoms with E-state index in [4.69, 9.17) is 5.10 Å². The molecule has 0 fully saturated rings. The number of hydrogen-bond donors (Lipinski definition) is 2. The standard InChI is InChI=1S/C30H40N4O2/c1-6-7-8-12-19-28(35)31-24(20-23-16-10-9-11-17-23)29(36)32-27-21-26(30(3,4)5)33-34(27)25-18-14-13-15-22(25)2/h9-11,13-18,21,24H,6-8,12,19-20H2,1-5H3,(H,31,35)(H,32,36)/t24-/m0/s1. The fraction of sp³-hybridized carbons (Fsp3) is 0.433. The Morgan fingerprint density at radius 2 is 1.67 bits per heavy atom. The number of anilines is 1. The first kappa shape index (κ1) is 27.2. The fourth-order valence-corrected chi connectivity index (χ4v) is 4.07. The van der Waals surface area contributed by atoms with Crippen LogP contribution in [0.4, 0.5) is 5.82 Å². The minimum absolute atomic E-state index is 0.0926. The molecule has 0 aliphatic heterocycles. The molecule has 36 heavy (non-hydrogen) atoms. The van der Waals surface area contributed by atoms with Crippen molar-refractivity contribution in [1.82, 2.24) is 15.1 Å². The van der Waals surface area contributed by atoms with E-state index in [1.807, 2.05) is 67.6 Å². The third-order valence-electron chi connectivity index (χ3n) is 6.26. The summed E-state index contributed by atoms with van der Waals surface area (Å²) in [5, 5.41) is 10.9. The van der Waals surface area contributed by atoms with Crippen LogP contribution < -0.4 is 10.6 Å². The average Bonchev–Trinajstić information content (AvgIpc) is 3.26. The Morgan fingerprint density at radius 3 is 2.33 bits per heavy atom. The molecule has 0 aliphatic carbocycles. The summed E-state index contributed by atoms with van der Waals surface area (Å²) >= 11 is 0. The number of rotatable bonds is 11. The van der Waals surface area contributed by atoms with Gasteiger partial charge in [0.2, 0.25) is 11.8 Å². The fourth-order valence-electron chi connectivity index (χ4n) is 4.07. The highest BCUT2D eigenvalue weighted by molar-refractivity contribution is 5.97. The maximum atomic E-state index is 13.6. The summed E-state index contributed by atoms with van der Waals surface area (Å²) in [5.41, 5.74) is 3.64. The maximum Gasteiger partial charge on any atom is 0.248 e. The zero-order chi connectivity index (χ0) is 26.1. The minimum Gasteiger partial charge on any atom is -0.344 e. The van der Waals surface area contributed by atoms with Gasteiger partial charge in [-0.3, -0.25) is 9.59 Å². The topological polar surface area (TPSA) is 76.0 Å². The van der Waals surface area contributed by atoms with Crippen LogP contribution in [0, 0.1) is 6.92 Å². The number of nitrogens with one attached hydrogen (secondary N) is 2. The van der Waals surface area contributed by atoms with E-state index in [0.29, 0.717) is 18.7 Å². The zero-order valence-electron chi connectivity index (χ0n) is 22.3. The number of nitrogens with zero attached hydrogens (tertiary/aromatic N) is 2. The maximum absolute atomic E-state index is 13.6. The highest BCUT2D eigenvalue weighted by Gasteiger charge is 2.26. The molecule has 3 rings (SSSR count). The Kier molecular flexibility index (Phi) is 9.45. The number of para-hydroxylation sites is 1. The number of unbranched alkanes of at least 4 members (excludes halogenated alkanes) is 3. The Labute approximate surface area is 215 Å². The molecule has 1 heterocycles. The van der Waals surface area contributed by atoms with Crippen LogP contribution in [0.5, 0.6) is 0 Å². The molecule has 0 saturated heterocycles. The molecule has 2 N–H and O–H groups in total. The molecule has 1 aromatic heterocycles. The first-order chi connectivity index (χ1) is 17.2. The lowest BCUT2D eigenvalue weighted by molar-refractivity contribution is -0.126. The Balaban J connectivity index is 1.86. The Morgan fingerprint density at radius 1 is 0.972 bits per heavy atom. The van der Waals surface area contributed by atoms with Crippen LogP contribution >= 0.6 is 0 Å². The van der Waals surface area contributed by atoms with Gasteiger partial charge in [0.25, 0.3) is 0 Å². The van der Waals surface area contributed by atoms with E-state index in [-0.39, 0.29) is 17.2 Å². The summed E-state index contributed by atoms with van der Waals surface area (Å²) in [6.07, 6.45) is 4.91. The predicted molar refractivity (Wildman–Crippen MR) is 146 cm³/mol. The van der Waals surface area contributed by atoms with Gasteiger partial charge in [0, 0.05) is 24.3 Å². The van der Waals surface area contributed by atoms with Crippen molar-refractivity contribution in [1.29, 1.82) is 0 Å². The van der Waals surface area contributed by atoms with Gasteiger partial charge in [-0.15, -0.1) is 0 Å². The largest absolute Gasteiger partial charge is 0.344 e. The molecular formula is C30H40N4O2. The molecule has 192 valence electrons. The van der Waals surface area contributed by atoms with Crippen molar-refractivity contribution in [2.45, 2.75) is 84.6 Å². The summed E-state index contributed by atoms with van der Waals surface area (Å²) < 4.78 is 1.79. The third-order valence-corrected chi connectivity index (χ3v) is 6.26. The number of carbonyl (C=O) groups excluding carboxylic acids is 2. The Bertz CT molecular complexity index is 1150. The molecule has 1 atom stereocenters. The molecule has 2 amide bonds. The minimum atomic E-state index is -0.690. The predicted octanol–water partition coefficient (Wildman–Crippen LogP) is 6.11. The molecule has 3 aromatic rings. The van der Waals surface area contributed by atoms with E-state index in [9.17, 15) is 9.59 Å². The van der Waals surface area contributed by atoms with Crippen molar-refractivity contribution in [3.8, 4) is 5.69 Å². The third kappa shape index (κ3) is 7.54. The molecule has 0 saturated carbocycles. The second-order valence-corrected chi connectivity index (χ2v) is 10.5. The number of aryl methyl sites for hydroxylation is 1. The molecule has 0 bridgehead atoms. The lowest BCUT2D eigenvalue weighted by atomic mass is 9.92. The molecule has 0 unspecified atom stereocenters. The van der Waals surface area contributed by atoms with E-state index < -0.39 is 6.04 Å². The van der Waals surface area contributed by atoms with Gasteiger partial charge in [-0.1, -0.05) is 95.5 Å². The Hall–Kier alpha value is -3.41. The van der Waals surface area contributed by atoms with E-state index in [1.54, 1.807) is 4.68 Å². The number of amides is 2. The van der Waals surface area contributed by atoms with Gasteiger partial charge >= 0.3 is 0 Å². The van der Waals surface area contributed by atoms with Crippen molar-refractivity contribution >= 4 is 17.6 Å². The number of carbonyl (C=O) groups is 2. The molecule has 0 spiro atoms. The normalized spacial score (nSPS) is 12.2. The first-order valence-electron chi connectivity index (χ1n) is 13.0. The van der Waals surface area contributed by atoms with Crippen LogP contribution in [0.1, 0.15) is 76.6 Å². The molecule has 6 nitrogen and oxygen atoms in total. The summed E-state index contributed by atoms with van der Waals surface area (Å²) in [5.74, 6) is 0.246. The van der Waals surface area contributed by atoms with E-state index >= 15 is 0 Å². The molecule has 2 aromatic carbocycles. The summed E-state index contributed by atoms with van der Waals surface area (Å²) in [6.45, 7) is 10.5. The second kappa shape index (κ2) is 12.5. The first-order valence-corrected chi connectivity index (χ1v) is 13.0. The van der Waals surface area contributed by atoms with Crippen molar-refractivity contribution in [3.63, 3.8) is 0 Å². The van der Waals surface area contributed by atoms with Gasteiger partial charge in [0.15, 0.2) is 0 Å². The number of aromatic nitrogens is 2. The zero-order valence-corrected chi connectivity index (χ0v) is 22.3. The summed E-state index contributed by atoms with van der Waals surface area (Å²) in [7, 11) is 0. The van der Waals surface area contributed by atoms with Crippen LogP contribution in [0.25, 0.3) is 5.69 Å². The van der Waals surface area contributed by atoms with E-state index in [0.717, 1.165) is 48.2 Å². The van der Waals surface area contributed by atoms with Gasteiger partial charge in [-0.05, 0) is 30.5 Å². The number of hydrogen-bond acceptors (Lipinski definition) is 3. The van der Waals surface area contributed by atoms with Gasteiger partial charge < -0.3 is 10.6 Å². The quantitative estimate of drug-likeness (QED) is 0.320. The summed E-state index contributed by atoms with van der Waals surface area (Å²) in [4.78, 5) is 26.3. The highest BCUT2D eigenvalue weighted by Crippen LogP contribution is 2.27. The second-order valence-electron chi connectivity index (χ2n) is 10.5. The van der Waals surface area contributed by atoms with Crippen LogP contribution in [-0.4, -0.2) is 27.6 Å². The van der Waals surface area contributed by atoms with Crippen LogP contribution in [0.3, 0.4) is 0 Å². The van der Waals surface area contributed by atoms with Gasteiger partial charge in [-0.2, -0.15) is 5.10 Å². The van der Waals surface area contributed by atoms with E-state index in [2.05, 4.69) is 38.3 Å². The lowest BCUT2D eigenvalue weighted by Crippen LogP contribution is -2.45. The van der Waals surface area contributed by atoms with Crippen molar-refractivity contribution < 1.29 is 9.59 Å². The molecule has 0 aliphatic rings. The SMILES string of the molecule is CCCCCCC(=O)N[C@@H](Cc1ccccc1)C(=O)Nc1cc(C(C)(C)C)nn1-c1ccccc1C. The van der Waals surface area contributed by atoms with Crippen LogP contribution in [-0.2, 0) is 21.4 Å². The van der Waals surface area contributed by atoms with Gasteiger partial charge in [-0.25, -0.2) is 4.68 Å². The summed E-state index contributed by atoms with van der Waals surface area (Å²) in [6, 6.07) is 19.0. The van der Waals surface area contributed by atoms with Gasteiger partial charge in [0.1, 0.15) is 11.9 Å². The molecule has 6 heteroatoms. The van der Waals surface area contributed by atoms with Crippen molar-refractivity contribution in [2.75, 3.05) is 5.32 Å². The molecular weight excluding hydrogens is 448 g/mol. The smallest absolute Gasteiger partial charge is 0.248 e. The number of benzene rings is 2. The lowest BCUT2D eigenvalue weighted by Gasteiger charge is -2.19. The van der Waals surface area contributed by atoms with Crippen LogP contribution in [0.2, 0.25) is 0 Å². The van der Waals surface area contributed by atoms with E-state index in [1.165, 1.54) is 0 Å². The average molecular weight is 489 g/mol. The van der Waals surface area contributed by atoms with Crippen LogP contribution in [0.15, 0.2) is 60.7 Å². The monoisotopic (exact) mass is 488 g/mol. The van der Waals surface area contributed by atoms with Gasteiger partial charge in [0.05, 0.1) is 11.4 Å². The highest BCUT2D eigenvalue weighted by atomic mass is 16.2.